The second kappa shape index (κ2) is 6.41. The summed E-state index contributed by atoms with van der Waals surface area (Å²) in [7, 11) is 4.04. The Labute approximate surface area is 152 Å². The molecule has 130 valence electrons. The molecule has 2 aromatic heterocycles. The highest BCUT2D eigenvalue weighted by Gasteiger charge is 2.37. The van der Waals surface area contributed by atoms with Crippen molar-refractivity contribution in [2.24, 2.45) is 7.05 Å². The van der Waals surface area contributed by atoms with Gasteiger partial charge in [0.05, 0.1) is 16.3 Å². The van der Waals surface area contributed by atoms with Gasteiger partial charge in [-0.05, 0) is 48.5 Å². The average molecular weight is 353 g/mol. The molecule has 3 aromatic rings. The van der Waals surface area contributed by atoms with Gasteiger partial charge in [-0.15, -0.1) is 11.3 Å². The fourth-order valence-corrected chi connectivity index (χ4v) is 4.64. The van der Waals surface area contributed by atoms with Gasteiger partial charge in [0.15, 0.2) is 0 Å². The molecule has 1 aromatic carbocycles. The maximum Gasteiger partial charge on any atom is 0.103 e. The molecule has 25 heavy (non-hydrogen) atoms. The molecule has 0 radical (unpaired) electrons. The van der Waals surface area contributed by atoms with E-state index in [4.69, 9.17) is 0 Å². The highest BCUT2D eigenvalue weighted by Crippen LogP contribution is 2.37. The summed E-state index contributed by atoms with van der Waals surface area (Å²) in [6, 6.07) is 14.6. The number of benzene rings is 1. The van der Waals surface area contributed by atoms with E-state index in [-0.39, 0.29) is 0 Å². The number of thiophene rings is 1. The van der Waals surface area contributed by atoms with Crippen LogP contribution in [-0.4, -0.2) is 33.4 Å². The molecule has 4 nitrogen and oxygen atoms in total. The standard InChI is InChI=1S/C20H23N3OS/c1-22(14-20(24)10-9-15-6-3-4-7-17(15)20)13-16-12-18(23(2)21-16)19-8-5-11-25-19/h3-8,11-12,24H,9-10,13-14H2,1-2H3. The summed E-state index contributed by atoms with van der Waals surface area (Å²) in [5, 5.41) is 17.9. The van der Waals surface area contributed by atoms with Gasteiger partial charge < -0.3 is 5.11 Å². The Bertz CT molecular complexity index is 871. The Morgan fingerprint density at radius 1 is 1.28 bits per heavy atom. The van der Waals surface area contributed by atoms with E-state index in [2.05, 4.69) is 52.8 Å². The van der Waals surface area contributed by atoms with Gasteiger partial charge in [-0.25, -0.2) is 0 Å². The maximum absolute atomic E-state index is 11.1. The lowest BCUT2D eigenvalue weighted by molar-refractivity contribution is 0.00521. The molecule has 1 N–H and O–H groups in total. The Balaban J connectivity index is 1.48. The minimum absolute atomic E-state index is 0.620. The van der Waals surface area contributed by atoms with Crippen LogP contribution in [-0.2, 0) is 25.6 Å². The number of nitrogens with zero attached hydrogens (tertiary/aromatic N) is 3. The van der Waals surface area contributed by atoms with E-state index in [0.717, 1.165) is 36.3 Å². The first-order chi connectivity index (χ1) is 12.0. The first-order valence-corrected chi connectivity index (χ1v) is 9.49. The Kier molecular flexibility index (Phi) is 4.23. The fraction of sp³-hybridized carbons (Fsp3) is 0.350. The van der Waals surface area contributed by atoms with Gasteiger partial charge in [0, 0.05) is 20.1 Å². The Morgan fingerprint density at radius 2 is 2.12 bits per heavy atom. The van der Waals surface area contributed by atoms with Gasteiger partial charge in [0.2, 0.25) is 0 Å². The summed E-state index contributed by atoms with van der Waals surface area (Å²) in [4.78, 5) is 3.40. The van der Waals surface area contributed by atoms with Crippen molar-refractivity contribution in [3.63, 3.8) is 0 Å². The van der Waals surface area contributed by atoms with Crippen molar-refractivity contribution in [3.05, 3.63) is 64.7 Å². The summed E-state index contributed by atoms with van der Waals surface area (Å²) in [5.41, 5.74) is 3.78. The van der Waals surface area contributed by atoms with Crippen molar-refractivity contribution in [2.45, 2.75) is 25.0 Å². The molecule has 0 aliphatic heterocycles. The van der Waals surface area contributed by atoms with Crippen molar-refractivity contribution in [1.82, 2.24) is 14.7 Å². The van der Waals surface area contributed by atoms with Gasteiger partial charge in [0.1, 0.15) is 5.60 Å². The van der Waals surface area contributed by atoms with Crippen molar-refractivity contribution < 1.29 is 5.11 Å². The van der Waals surface area contributed by atoms with Gasteiger partial charge >= 0.3 is 0 Å². The van der Waals surface area contributed by atoms with Crippen LogP contribution < -0.4 is 0 Å². The third-order valence-electron chi connectivity index (χ3n) is 4.99. The van der Waals surface area contributed by atoms with E-state index in [1.807, 2.05) is 23.9 Å². The second-order valence-electron chi connectivity index (χ2n) is 6.98. The number of likely N-dealkylation sites (N-methyl/N-ethyl adjacent to an activating group) is 1. The average Bonchev–Trinajstić information content (AvgIpc) is 3.28. The lowest BCUT2D eigenvalue weighted by atomic mass is 9.95. The van der Waals surface area contributed by atoms with Crippen molar-refractivity contribution in [1.29, 1.82) is 0 Å². The smallest absolute Gasteiger partial charge is 0.103 e. The highest BCUT2D eigenvalue weighted by molar-refractivity contribution is 7.13. The molecule has 4 rings (SSSR count). The zero-order chi connectivity index (χ0) is 17.4. The summed E-state index contributed by atoms with van der Waals surface area (Å²) in [5.74, 6) is 0. The molecule has 2 heterocycles. The van der Waals surface area contributed by atoms with E-state index in [1.165, 1.54) is 10.4 Å². The van der Waals surface area contributed by atoms with Crippen molar-refractivity contribution in [2.75, 3.05) is 13.6 Å². The molecular weight excluding hydrogens is 330 g/mol. The molecular formula is C20H23N3OS. The zero-order valence-electron chi connectivity index (χ0n) is 14.6. The number of rotatable bonds is 5. The normalized spacial score (nSPS) is 19.5. The molecule has 0 saturated heterocycles. The van der Waals surface area contributed by atoms with E-state index < -0.39 is 5.60 Å². The van der Waals surface area contributed by atoms with Crippen LogP contribution in [0, 0.1) is 0 Å². The van der Waals surface area contributed by atoms with Crippen LogP contribution in [0.4, 0.5) is 0 Å². The topological polar surface area (TPSA) is 41.3 Å². The van der Waals surface area contributed by atoms with Crippen LogP contribution in [0.1, 0.15) is 23.2 Å². The van der Waals surface area contributed by atoms with E-state index in [1.54, 1.807) is 11.3 Å². The monoisotopic (exact) mass is 353 g/mol. The van der Waals surface area contributed by atoms with Crippen LogP contribution in [0.3, 0.4) is 0 Å². The third kappa shape index (κ3) is 3.15. The van der Waals surface area contributed by atoms with Crippen molar-refractivity contribution in [3.8, 4) is 10.6 Å². The van der Waals surface area contributed by atoms with Crippen LogP contribution in [0.2, 0.25) is 0 Å². The predicted molar refractivity (Wildman–Crippen MR) is 102 cm³/mol. The predicted octanol–water partition coefficient (Wildman–Crippen LogP) is 3.41. The number of aryl methyl sites for hydroxylation is 2. The SMILES string of the molecule is CN(Cc1cc(-c2cccs2)n(C)n1)CC1(O)CCc2ccccc21. The lowest BCUT2D eigenvalue weighted by Gasteiger charge is -2.29. The minimum Gasteiger partial charge on any atom is -0.384 e. The Hall–Kier alpha value is -1.95. The molecule has 5 heteroatoms. The molecule has 0 saturated carbocycles. The summed E-state index contributed by atoms with van der Waals surface area (Å²) >= 11 is 1.73. The molecule has 1 aliphatic carbocycles. The van der Waals surface area contributed by atoms with Crippen LogP contribution in [0.25, 0.3) is 10.6 Å². The van der Waals surface area contributed by atoms with Gasteiger partial charge in [-0.1, -0.05) is 30.3 Å². The van der Waals surface area contributed by atoms with E-state index in [0.29, 0.717) is 6.54 Å². The van der Waals surface area contributed by atoms with Gasteiger partial charge in [0.25, 0.3) is 0 Å². The van der Waals surface area contributed by atoms with E-state index in [9.17, 15) is 5.11 Å². The Morgan fingerprint density at radius 3 is 2.92 bits per heavy atom. The van der Waals surface area contributed by atoms with Gasteiger partial charge in [-0.2, -0.15) is 5.10 Å². The number of hydrogen-bond donors (Lipinski definition) is 1. The molecule has 1 unspecified atom stereocenters. The fourth-order valence-electron chi connectivity index (χ4n) is 3.87. The minimum atomic E-state index is -0.753. The van der Waals surface area contributed by atoms with Crippen LogP contribution >= 0.6 is 11.3 Å². The zero-order valence-corrected chi connectivity index (χ0v) is 15.5. The second-order valence-corrected chi connectivity index (χ2v) is 7.93. The maximum atomic E-state index is 11.1. The molecule has 1 atom stereocenters. The third-order valence-corrected chi connectivity index (χ3v) is 5.89. The molecule has 0 spiro atoms. The highest BCUT2D eigenvalue weighted by atomic mass is 32.1. The number of aromatic nitrogens is 2. The number of aliphatic hydroxyl groups is 1. The lowest BCUT2D eigenvalue weighted by Crippen LogP contribution is -2.37. The van der Waals surface area contributed by atoms with Gasteiger partial charge in [-0.3, -0.25) is 9.58 Å². The van der Waals surface area contributed by atoms with Crippen molar-refractivity contribution >= 4 is 11.3 Å². The van der Waals surface area contributed by atoms with E-state index >= 15 is 0 Å². The molecule has 0 bridgehead atoms. The quantitative estimate of drug-likeness (QED) is 0.764. The number of fused-ring (bicyclic) bond motifs is 1. The summed E-state index contributed by atoms with van der Waals surface area (Å²) in [6.07, 6.45) is 1.74. The van der Waals surface area contributed by atoms with Crippen LogP contribution in [0.15, 0.2) is 47.8 Å². The molecule has 1 aliphatic rings. The largest absolute Gasteiger partial charge is 0.384 e. The summed E-state index contributed by atoms with van der Waals surface area (Å²) in [6.45, 7) is 1.35. The summed E-state index contributed by atoms with van der Waals surface area (Å²) < 4.78 is 1.94. The first kappa shape index (κ1) is 16.5. The molecule has 0 fully saturated rings. The number of hydrogen-bond acceptors (Lipinski definition) is 4. The van der Waals surface area contributed by atoms with Crippen LogP contribution in [0.5, 0.6) is 0 Å². The first-order valence-electron chi connectivity index (χ1n) is 8.61. The molecule has 0 amide bonds.